The fourth-order valence-corrected chi connectivity index (χ4v) is 4.54. The van der Waals surface area contributed by atoms with E-state index in [1.807, 2.05) is 21.7 Å². The molecule has 2 aromatic heterocycles. The number of amides is 1. The summed E-state index contributed by atoms with van der Waals surface area (Å²) in [5.41, 5.74) is 2.24. The smallest absolute Gasteiger partial charge is 0.227 e. The topological polar surface area (TPSA) is 67.2 Å². The average molecular weight is 338 g/mol. The highest BCUT2D eigenvalue weighted by Gasteiger charge is 2.36. The van der Waals surface area contributed by atoms with Crippen LogP contribution in [0.15, 0.2) is 24.7 Å². The number of anilines is 1. The summed E-state index contributed by atoms with van der Waals surface area (Å²) in [6, 6.07) is 4.57. The highest BCUT2D eigenvalue weighted by atomic mass is 16.2. The number of aryl methyl sites for hydroxylation is 1. The van der Waals surface area contributed by atoms with Crippen molar-refractivity contribution in [3.05, 3.63) is 36.2 Å². The number of nitrogens with zero attached hydrogens (tertiary/aromatic N) is 6. The number of rotatable bonds is 1. The van der Waals surface area contributed by atoms with Crippen LogP contribution in [0.25, 0.3) is 0 Å². The summed E-state index contributed by atoms with van der Waals surface area (Å²) >= 11 is 0. The number of hydrogen-bond donors (Lipinski definition) is 0. The van der Waals surface area contributed by atoms with Gasteiger partial charge in [-0.25, -0.2) is 0 Å². The SMILES string of the molecule is O=C(C1CCc2nncn2C1)N1Cc2ncccc2N2CCC[C@H]2C1. The summed E-state index contributed by atoms with van der Waals surface area (Å²) in [7, 11) is 0. The van der Waals surface area contributed by atoms with Crippen molar-refractivity contribution in [3.8, 4) is 0 Å². The minimum Gasteiger partial charge on any atom is -0.365 e. The lowest BCUT2D eigenvalue weighted by molar-refractivity contribution is -0.137. The van der Waals surface area contributed by atoms with Gasteiger partial charge >= 0.3 is 0 Å². The maximum Gasteiger partial charge on any atom is 0.227 e. The third-order valence-electron chi connectivity index (χ3n) is 5.81. The zero-order chi connectivity index (χ0) is 16.8. The highest BCUT2D eigenvalue weighted by Crippen LogP contribution is 2.33. The lowest BCUT2D eigenvalue weighted by Crippen LogP contribution is -2.44. The van der Waals surface area contributed by atoms with Crippen LogP contribution in [0, 0.1) is 5.92 Å². The Morgan fingerprint density at radius 3 is 3.16 bits per heavy atom. The first-order valence-corrected chi connectivity index (χ1v) is 9.15. The molecule has 1 saturated heterocycles. The van der Waals surface area contributed by atoms with E-state index in [0.29, 0.717) is 19.1 Å². The summed E-state index contributed by atoms with van der Waals surface area (Å²) in [6.45, 7) is 3.19. The molecule has 3 aliphatic rings. The largest absolute Gasteiger partial charge is 0.365 e. The molecule has 5 heterocycles. The molecule has 2 aromatic rings. The van der Waals surface area contributed by atoms with Crippen LogP contribution in [0.2, 0.25) is 0 Å². The average Bonchev–Trinajstić information content (AvgIpc) is 3.26. The van der Waals surface area contributed by atoms with Gasteiger partial charge in [-0.1, -0.05) is 0 Å². The van der Waals surface area contributed by atoms with Gasteiger partial charge in [0.25, 0.3) is 0 Å². The summed E-state index contributed by atoms with van der Waals surface area (Å²) in [4.78, 5) is 22.3. The van der Waals surface area contributed by atoms with Crippen LogP contribution < -0.4 is 4.90 Å². The minimum absolute atomic E-state index is 0.0172. The first-order chi connectivity index (χ1) is 12.3. The van der Waals surface area contributed by atoms with Crippen LogP contribution in [0.3, 0.4) is 0 Å². The second-order valence-electron chi connectivity index (χ2n) is 7.31. The summed E-state index contributed by atoms with van der Waals surface area (Å²) in [5, 5.41) is 8.09. The molecule has 1 amide bonds. The molecule has 130 valence electrons. The van der Waals surface area contributed by atoms with Crippen LogP contribution in [-0.4, -0.2) is 49.7 Å². The Balaban J connectivity index is 1.41. The Hall–Kier alpha value is -2.44. The lowest BCUT2D eigenvalue weighted by atomic mass is 9.97. The second-order valence-corrected chi connectivity index (χ2v) is 7.31. The highest BCUT2D eigenvalue weighted by molar-refractivity contribution is 5.79. The molecule has 3 aliphatic heterocycles. The Bertz CT molecular complexity index is 802. The fraction of sp³-hybridized carbons (Fsp3) is 0.556. The normalized spacial score (nSPS) is 25.1. The molecule has 2 atom stereocenters. The first kappa shape index (κ1) is 14.9. The molecule has 0 aromatic carbocycles. The molecule has 0 aliphatic carbocycles. The molecule has 0 N–H and O–H groups in total. The molecule has 1 unspecified atom stereocenters. The Kier molecular flexibility index (Phi) is 3.46. The number of aromatic nitrogens is 4. The van der Waals surface area contributed by atoms with Crippen molar-refractivity contribution in [3.63, 3.8) is 0 Å². The van der Waals surface area contributed by atoms with Gasteiger partial charge in [0.05, 0.1) is 23.8 Å². The van der Waals surface area contributed by atoms with E-state index < -0.39 is 0 Å². The molecule has 7 heteroatoms. The van der Waals surface area contributed by atoms with Gasteiger partial charge in [0.1, 0.15) is 12.2 Å². The fourth-order valence-electron chi connectivity index (χ4n) is 4.54. The molecule has 5 rings (SSSR count). The van der Waals surface area contributed by atoms with E-state index >= 15 is 0 Å². The van der Waals surface area contributed by atoms with Crippen LogP contribution in [0.4, 0.5) is 5.69 Å². The van der Waals surface area contributed by atoms with Gasteiger partial charge in [0, 0.05) is 38.3 Å². The second kappa shape index (κ2) is 5.82. The monoisotopic (exact) mass is 338 g/mol. The van der Waals surface area contributed by atoms with Gasteiger partial charge < -0.3 is 14.4 Å². The maximum atomic E-state index is 13.3. The Morgan fingerprint density at radius 2 is 2.20 bits per heavy atom. The number of carbonyl (C=O) groups is 1. The van der Waals surface area contributed by atoms with Gasteiger partial charge in [0.15, 0.2) is 0 Å². The molecule has 0 bridgehead atoms. The molecule has 1 fully saturated rings. The van der Waals surface area contributed by atoms with Crippen molar-refractivity contribution >= 4 is 11.6 Å². The standard InChI is InChI=1S/C18H22N6O/c25-18(13-5-6-17-21-20-12-23(17)9-13)22-10-14-3-2-8-24(14)16-4-1-7-19-15(16)11-22/h1,4,7,12-14H,2-3,5-6,8-11H2/t13?,14-/m0/s1. The van der Waals surface area contributed by atoms with Crippen molar-refractivity contribution in [2.24, 2.45) is 5.92 Å². The van der Waals surface area contributed by atoms with E-state index in [0.717, 1.165) is 43.9 Å². The van der Waals surface area contributed by atoms with Gasteiger partial charge in [-0.3, -0.25) is 9.78 Å². The van der Waals surface area contributed by atoms with E-state index in [9.17, 15) is 4.79 Å². The summed E-state index contributed by atoms with van der Waals surface area (Å²) in [6.07, 6.45) is 7.60. The molecule has 0 spiro atoms. The maximum absolute atomic E-state index is 13.3. The van der Waals surface area contributed by atoms with Crippen LogP contribution in [0.5, 0.6) is 0 Å². The summed E-state index contributed by atoms with van der Waals surface area (Å²) < 4.78 is 2.03. The summed E-state index contributed by atoms with van der Waals surface area (Å²) in [5.74, 6) is 1.27. The molecule has 0 saturated carbocycles. The molecule has 0 radical (unpaired) electrons. The molecule has 25 heavy (non-hydrogen) atoms. The zero-order valence-corrected chi connectivity index (χ0v) is 14.2. The third kappa shape index (κ3) is 2.49. The minimum atomic E-state index is 0.0172. The first-order valence-electron chi connectivity index (χ1n) is 9.15. The predicted octanol–water partition coefficient (Wildman–Crippen LogP) is 1.25. The van der Waals surface area contributed by atoms with Gasteiger partial charge in [0.2, 0.25) is 5.91 Å². The number of carbonyl (C=O) groups excluding carboxylic acids is 1. The van der Waals surface area contributed by atoms with Crippen LogP contribution >= 0.6 is 0 Å². The van der Waals surface area contributed by atoms with E-state index in [4.69, 9.17) is 0 Å². The molecule has 7 nitrogen and oxygen atoms in total. The zero-order valence-electron chi connectivity index (χ0n) is 14.2. The third-order valence-corrected chi connectivity index (χ3v) is 5.81. The van der Waals surface area contributed by atoms with E-state index in [-0.39, 0.29) is 11.8 Å². The number of hydrogen-bond acceptors (Lipinski definition) is 5. The Morgan fingerprint density at radius 1 is 1.24 bits per heavy atom. The quantitative estimate of drug-likeness (QED) is 0.783. The lowest BCUT2D eigenvalue weighted by Gasteiger charge is -2.31. The van der Waals surface area contributed by atoms with Crippen molar-refractivity contribution in [1.29, 1.82) is 0 Å². The van der Waals surface area contributed by atoms with E-state index in [2.05, 4.69) is 26.1 Å². The number of fused-ring (bicyclic) bond motifs is 4. The van der Waals surface area contributed by atoms with Gasteiger partial charge in [-0.2, -0.15) is 0 Å². The molecular weight excluding hydrogens is 316 g/mol. The van der Waals surface area contributed by atoms with Crippen molar-refractivity contribution in [2.45, 2.75) is 44.8 Å². The van der Waals surface area contributed by atoms with E-state index in [1.54, 1.807) is 6.33 Å². The van der Waals surface area contributed by atoms with Crippen LogP contribution in [0.1, 0.15) is 30.8 Å². The number of pyridine rings is 1. The van der Waals surface area contributed by atoms with Gasteiger partial charge in [-0.15, -0.1) is 10.2 Å². The van der Waals surface area contributed by atoms with Crippen molar-refractivity contribution in [2.75, 3.05) is 18.0 Å². The predicted molar refractivity (Wildman–Crippen MR) is 91.9 cm³/mol. The van der Waals surface area contributed by atoms with Gasteiger partial charge in [-0.05, 0) is 31.4 Å². The van der Waals surface area contributed by atoms with Crippen molar-refractivity contribution in [1.82, 2.24) is 24.6 Å². The van der Waals surface area contributed by atoms with Crippen molar-refractivity contribution < 1.29 is 4.79 Å². The van der Waals surface area contributed by atoms with E-state index in [1.165, 1.54) is 12.1 Å². The molecular formula is C18H22N6O. The Labute approximate surface area is 146 Å². The van der Waals surface area contributed by atoms with Crippen LogP contribution in [-0.2, 0) is 24.3 Å².